The summed E-state index contributed by atoms with van der Waals surface area (Å²) in [7, 11) is -3.87. The van der Waals surface area contributed by atoms with Crippen LogP contribution in [0.5, 0.6) is 0 Å². The average molecular weight is 481 g/mol. The number of rotatable bonds is 6. The van der Waals surface area contributed by atoms with Gasteiger partial charge in [-0.25, -0.2) is 12.4 Å². The summed E-state index contributed by atoms with van der Waals surface area (Å²) in [5, 5.41) is 0.838. The van der Waals surface area contributed by atoms with Crippen molar-refractivity contribution in [3.8, 4) is 0 Å². The third kappa shape index (κ3) is 3.96. The van der Waals surface area contributed by atoms with Gasteiger partial charge in [-0.3, -0.25) is 4.98 Å². The number of pyridine rings is 1. The zero-order valence-corrected chi connectivity index (χ0v) is 21.0. The Bertz CT molecular complexity index is 1660. The fraction of sp³-hybridized carbons (Fsp3) is 0.167. The van der Waals surface area contributed by atoms with Crippen molar-refractivity contribution in [2.45, 2.75) is 38.5 Å². The van der Waals surface area contributed by atoms with Gasteiger partial charge in [0.25, 0.3) is 10.0 Å². The van der Waals surface area contributed by atoms with E-state index in [4.69, 9.17) is 4.98 Å². The van der Waals surface area contributed by atoms with Crippen LogP contribution in [0, 0.1) is 6.92 Å². The van der Waals surface area contributed by atoms with Crippen molar-refractivity contribution >= 4 is 44.1 Å². The number of fused-ring (bicyclic) bond motifs is 3. The van der Waals surface area contributed by atoms with Crippen LogP contribution in [0.4, 0.5) is 0 Å². The van der Waals surface area contributed by atoms with Gasteiger partial charge in [-0.1, -0.05) is 92.2 Å². The van der Waals surface area contributed by atoms with Gasteiger partial charge in [0.2, 0.25) is 0 Å². The Morgan fingerprint density at radius 3 is 2.20 bits per heavy atom. The molecule has 35 heavy (non-hydrogen) atoms. The molecule has 0 fully saturated rings. The molecule has 0 atom stereocenters. The first-order chi connectivity index (χ1) is 17.0. The minimum atomic E-state index is -3.87. The smallest absolute Gasteiger partial charge is 0.250 e. The van der Waals surface area contributed by atoms with Crippen LogP contribution in [0.25, 0.3) is 34.1 Å². The van der Waals surface area contributed by atoms with Crippen LogP contribution in [0.1, 0.15) is 41.8 Å². The van der Waals surface area contributed by atoms with Gasteiger partial charge in [-0.15, -0.1) is 0 Å². The fourth-order valence-corrected chi connectivity index (χ4v) is 6.26. The van der Waals surface area contributed by atoms with E-state index in [9.17, 15) is 8.42 Å². The predicted octanol–water partition coefficient (Wildman–Crippen LogP) is 7.03. The van der Waals surface area contributed by atoms with Crippen molar-refractivity contribution in [1.82, 2.24) is 8.96 Å². The SMILES string of the molecule is CCc1nc2c3ccccc3n(S(=O)(=O)c3ccc(C)cc3)c2c(/C=C/c2ccccc2)c1CC. The molecule has 5 aromatic rings. The van der Waals surface area contributed by atoms with Crippen LogP contribution < -0.4 is 0 Å². The number of aromatic nitrogens is 2. The van der Waals surface area contributed by atoms with E-state index in [-0.39, 0.29) is 4.90 Å². The predicted molar refractivity (Wildman–Crippen MR) is 145 cm³/mol. The topological polar surface area (TPSA) is 52.0 Å². The molecular formula is C30H28N2O2S. The summed E-state index contributed by atoms with van der Waals surface area (Å²) in [6.07, 6.45) is 5.63. The molecule has 0 bridgehead atoms. The minimum absolute atomic E-state index is 0.265. The molecule has 0 aliphatic rings. The van der Waals surface area contributed by atoms with Crippen LogP contribution in [-0.4, -0.2) is 17.4 Å². The molecule has 0 aliphatic carbocycles. The third-order valence-corrected chi connectivity index (χ3v) is 8.20. The molecule has 5 rings (SSSR count). The minimum Gasteiger partial charge on any atom is -0.250 e. The van der Waals surface area contributed by atoms with Crippen LogP contribution in [-0.2, 0) is 22.9 Å². The first kappa shape index (κ1) is 23.1. The van der Waals surface area contributed by atoms with Crippen molar-refractivity contribution in [2.75, 3.05) is 0 Å². The van der Waals surface area contributed by atoms with Gasteiger partial charge < -0.3 is 0 Å². The maximum atomic E-state index is 14.1. The summed E-state index contributed by atoms with van der Waals surface area (Å²) in [4.78, 5) is 5.30. The summed E-state index contributed by atoms with van der Waals surface area (Å²) in [5.41, 5.74) is 7.05. The van der Waals surface area contributed by atoms with Gasteiger partial charge in [-0.2, -0.15) is 0 Å². The zero-order valence-electron chi connectivity index (χ0n) is 20.2. The van der Waals surface area contributed by atoms with Gasteiger partial charge in [0.05, 0.1) is 21.4 Å². The Labute approximate surface area is 206 Å². The molecule has 0 spiro atoms. The van der Waals surface area contributed by atoms with Crippen LogP contribution in [0.3, 0.4) is 0 Å². The molecule has 4 nitrogen and oxygen atoms in total. The summed E-state index contributed by atoms with van der Waals surface area (Å²) in [5.74, 6) is 0. The van der Waals surface area contributed by atoms with Crippen molar-refractivity contribution in [3.63, 3.8) is 0 Å². The molecule has 0 radical (unpaired) electrons. The van der Waals surface area contributed by atoms with E-state index in [1.807, 2.05) is 79.7 Å². The molecule has 5 heteroatoms. The number of hydrogen-bond acceptors (Lipinski definition) is 3. The highest BCUT2D eigenvalue weighted by molar-refractivity contribution is 7.90. The van der Waals surface area contributed by atoms with E-state index in [0.29, 0.717) is 11.0 Å². The first-order valence-corrected chi connectivity index (χ1v) is 13.4. The Kier molecular flexibility index (Phi) is 6.03. The van der Waals surface area contributed by atoms with Crippen LogP contribution in [0.15, 0.2) is 83.8 Å². The van der Waals surface area contributed by atoms with Crippen molar-refractivity contribution in [3.05, 3.63) is 107 Å². The largest absolute Gasteiger partial charge is 0.268 e. The standard InChI is InChI=1S/C30H28N2O2S/c1-4-24-25(20-17-22-11-7-6-8-12-22)30-29(31-27(24)5-2)26-13-9-10-14-28(26)32(30)35(33,34)23-18-15-21(3)16-19-23/h6-20H,4-5H2,1-3H3/b20-17+. The number of benzene rings is 3. The van der Waals surface area contributed by atoms with E-state index in [0.717, 1.165) is 51.7 Å². The summed E-state index contributed by atoms with van der Waals surface area (Å²) in [6.45, 7) is 6.15. The molecule has 0 amide bonds. The fourth-order valence-electron chi connectivity index (χ4n) is 4.72. The number of para-hydroxylation sites is 1. The van der Waals surface area contributed by atoms with Crippen LogP contribution in [0.2, 0.25) is 0 Å². The molecule has 0 N–H and O–H groups in total. The number of aryl methyl sites for hydroxylation is 2. The maximum absolute atomic E-state index is 14.1. The highest BCUT2D eigenvalue weighted by Gasteiger charge is 2.27. The van der Waals surface area contributed by atoms with E-state index in [1.165, 1.54) is 3.97 Å². The van der Waals surface area contributed by atoms with Crippen molar-refractivity contribution < 1.29 is 8.42 Å². The molecule has 0 saturated heterocycles. The molecule has 2 heterocycles. The van der Waals surface area contributed by atoms with Gasteiger partial charge in [0, 0.05) is 16.6 Å². The second-order valence-electron chi connectivity index (χ2n) is 8.70. The lowest BCUT2D eigenvalue weighted by atomic mass is 9.99. The summed E-state index contributed by atoms with van der Waals surface area (Å²) >= 11 is 0. The zero-order chi connectivity index (χ0) is 24.6. The number of nitrogens with zero attached hydrogens (tertiary/aromatic N) is 2. The molecule has 3 aromatic carbocycles. The second-order valence-corrected chi connectivity index (χ2v) is 10.5. The van der Waals surface area contributed by atoms with E-state index < -0.39 is 10.0 Å². The summed E-state index contributed by atoms with van der Waals surface area (Å²) < 4.78 is 29.8. The Morgan fingerprint density at radius 1 is 0.829 bits per heavy atom. The lowest BCUT2D eigenvalue weighted by Gasteiger charge is -2.15. The van der Waals surface area contributed by atoms with E-state index >= 15 is 0 Å². The molecule has 0 saturated carbocycles. The maximum Gasteiger partial charge on any atom is 0.268 e. The Balaban J connectivity index is 1.93. The molecule has 2 aromatic heterocycles. The first-order valence-electron chi connectivity index (χ1n) is 12.0. The van der Waals surface area contributed by atoms with E-state index in [1.54, 1.807) is 12.1 Å². The molecule has 0 unspecified atom stereocenters. The Morgan fingerprint density at radius 2 is 1.51 bits per heavy atom. The van der Waals surface area contributed by atoms with Crippen molar-refractivity contribution in [2.24, 2.45) is 0 Å². The molecular weight excluding hydrogens is 452 g/mol. The lowest BCUT2D eigenvalue weighted by Crippen LogP contribution is -2.14. The highest BCUT2D eigenvalue weighted by atomic mass is 32.2. The van der Waals surface area contributed by atoms with Gasteiger partial charge in [-0.05, 0) is 49.1 Å². The lowest BCUT2D eigenvalue weighted by molar-refractivity contribution is 0.590. The second kappa shape index (κ2) is 9.16. The normalized spacial score (nSPS) is 12.2. The third-order valence-electron chi connectivity index (χ3n) is 6.47. The number of hydrogen-bond donors (Lipinski definition) is 0. The van der Waals surface area contributed by atoms with Crippen molar-refractivity contribution in [1.29, 1.82) is 0 Å². The van der Waals surface area contributed by atoms with E-state index in [2.05, 4.69) is 19.9 Å². The monoisotopic (exact) mass is 480 g/mol. The van der Waals surface area contributed by atoms with Crippen LogP contribution >= 0.6 is 0 Å². The van der Waals surface area contributed by atoms with Gasteiger partial charge in [0.1, 0.15) is 0 Å². The summed E-state index contributed by atoms with van der Waals surface area (Å²) in [6, 6.07) is 24.7. The highest BCUT2D eigenvalue weighted by Crippen LogP contribution is 2.37. The molecule has 176 valence electrons. The Hall–Kier alpha value is -3.70. The molecule has 0 aliphatic heterocycles. The van der Waals surface area contributed by atoms with Gasteiger partial charge in [0.15, 0.2) is 0 Å². The van der Waals surface area contributed by atoms with Gasteiger partial charge >= 0.3 is 0 Å². The average Bonchev–Trinajstić information content (AvgIpc) is 3.22. The quantitative estimate of drug-likeness (QED) is 0.262.